The van der Waals surface area contributed by atoms with Crippen molar-refractivity contribution < 1.29 is 0 Å². The highest BCUT2D eigenvalue weighted by Gasteiger charge is 2.02. The zero-order chi connectivity index (χ0) is 13.7. The monoisotopic (exact) mass is 292 g/mol. The molecular weight excluding hydrogens is 280 g/mol. The van der Waals surface area contributed by atoms with Crippen molar-refractivity contribution in [1.29, 1.82) is 0 Å². The van der Waals surface area contributed by atoms with Gasteiger partial charge in [-0.05, 0) is 36.8 Å². The average Bonchev–Trinajstić information content (AvgIpc) is 2.38. The lowest BCUT2D eigenvalue weighted by molar-refractivity contribution is 0.923. The van der Waals surface area contributed by atoms with Crippen LogP contribution in [0.15, 0.2) is 36.5 Å². The number of aryl methyl sites for hydroxylation is 1. The van der Waals surface area contributed by atoms with Gasteiger partial charge >= 0.3 is 0 Å². The molecule has 0 bridgehead atoms. The van der Waals surface area contributed by atoms with E-state index >= 15 is 0 Å². The topological polar surface area (TPSA) is 49.8 Å². The van der Waals surface area contributed by atoms with Crippen molar-refractivity contribution in [1.82, 2.24) is 15.3 Å². The van der Waals surface area contributed by atoms with E-state index in [2.05, 4.69) is 20.6 Å². The summed E-state index contributed by atoms with van der Waals surface area (Å²) < 4.78 is 0. The molecule has 4 nitrogen and oxygen atoms in total. The number of benzene rings is 1. The Morgan fingerprint density at radius 2 is 2.11 bits per heavy atom. The van der Waals surface area contributed by atoms with E-state index in [1.165, 1.54) is 0 Å². The van der Waals surface area contributed by atoms with Crippen LogP contribution in [0, 0.1) is 6.92 Å². The van der Waals surface area contributed by atoms with E-state index < -0.39 is 0 Å². The fourth-order valence-electron chi connectivity index (χ4n) is 1.47. The summed E-state index contributed by atoms with van der Waals surface area (Å²) >= 11 is 11.2. The lowest BCUT2D eigenvalue weighted by atomic mass is 10.2. The van der Waals surface area contributed by atoms with E-state index in [9.17, 15) is 0 Å². The van der Waals surface area contributed by atoms with Crippen LogP contribution >= 0.6 is 23.8 Å². The predicted octanol–water partition coefficient (Wildman–Crippen LogP) is 2.93. The molecule has 0 fully saturated rings. The van der Waals surface area contributed by atoms with Gasteiger partial charge in [-0.2, -0.15) is 0 Å². The van der Waals surface area contributed by atoms with Gasteiger partial charge < -0.3 is 10.6 Å². The highest BCUT2D eigenvalue weighted by atomic mass is 35.5. The molecule has 2 rings (SSSR count). The first kappa shape index (κ1) is 13.7. The van der Waals surface area contributed by atoms with Gasteiger partial charge in [0, 0.05) is 23.5 Å². The molecule has 0 saturated carbocycles. The number of anilines is 1. The molecule has 0 radical (unpaired) electrons. The minimum absolute atomic E-state index is 0.463. The van der Waals surface area contributed by atoms with Gasteiger partial charge in [0.15, 0.2) is 5.11 Å². The van der Waals surface area contributed by atoms with Gasteiger partial charge in [0.1, 0.15) is 0 Å². The molecule has 0 aliphatic heterocycles. The number of nitrogens with one attached hydrogen (secondary N) is 2. The normalized spacial score (nSPS) is 10.0. The number of aromatic nitrogens is 2. The second-order valence-electron chi connectivity index (χ2n) is 3.92. The average molecular weight is 293 g/mol. The highest BCUT2D eigenvalue weighted by molar-refractivity contribution is 7.80. The lowest BCUT2D eigenvalue weighted by Gasteiger charge is -2.10. The number of halogens is 1. The van der Waals surface area contributed by atoms with Crippen molar-refractivity contribution in [3.63, 3.8) is 0 Å². The quantitative estimate of drug-likeness (QED) is 0.852. The maximum absolute atomic E-state index is 6.06. The minimum Gasteiger partial charge on any atom is -0.358 e. The Morgan fingerprint density at radius 3 is 2.84 bits per heavy atom. The molecule has 0 saturated heterocycles. The van der Waals surface area contributed by atoms with Crippen LogP contribution in [-0.2, 0) is 6.54 Å². The third-order valence-electron chi connectivity index (χ3n) is 2.42. The number of rotatable bonds is 3. The first-order valence-electron chi connectivity index (χ1n) is 5.73. The van der Waals surface area contributed by atoms with E-state index in [0.29, 0.717) is 22.6 Å². The zero-order valence-electron chi connectivity index (χ0n) is 10.4. The molecule has 2 N–H and O–H groups in total. The van der Waals surface area contributed by atoms with Crippen LogP contribution in [-0.4, -0.2) is 15.1 Å². The second-order valence-corrected chi connectivity index (χ2v) is 4.74. The molecule has 0 aliphatic rings. The fraction of sp³-hybridized carbons (Fsp3) is 0.154. The second kappa shape index (κ2) is 6.45. The molecule has 0 spiro atoms. The van der Waals surface area contributed by atoms with Crippen LogP contribution in [0.1, 0.15) is 11.3 Å². The van der Waals surface area contributed by atoms with Gasteiger partial charge in [0.05, 0.1) is 0 Å². The van der Waals surface area contributed by atoms with Crippen LogP contribution in [0.5, 0.6) is 0 Å². The summed E-state index contributed by atoms with van der Waals surface area (Å²) in [6.07, 6.45) is 1.68. The van der Waals surface area contributed by atoms with E-state index in [1.54, 1.807) is 6.20 Å². The van der Waals surface area contributed by atoms with Crippen LogP contribution < -0.4 is 10.6 Å². The fourth-order valence-corrected chi connectivity index (χ4v) is 1.84. The smallest absolute Gasteiger partial charge is 0.229 e. The van der Waals surface area contributed by atoms with Crippen LogP contribution in [0.25, 0.3) is 0 Å². The van der Waals surface area contributed by atoms with Crippen molar-refractivity contribution in [3.05, 3.63) is 52.8 Å². The van der Waals surface area contributed by atoms with Gasteiger partial charge in [-0.1, -0.05) is 29.8 Å². The summed E-state index contributed by atoms with van der Waals surface area (Å²) in [5.41, 5.74) is 1.87. The van der Waals surface area contributed by atoms with Crippen LogP contribution in [0.2, 0.25) is 5.02 Å². The molecule has 1 aromatic heterocycles. The van der Waals surface area contributed by atoms with E-state index in [0.717, 1.165) is 11.3 Å². The van der Waals surface area contributed by atoms with Gasteiger partial charge in [0.2, 0.25) is 5.95 Å². The standard InChI is InChI=1S/C13H13ClN4S/c1-9-6-7-15-12(17-9)18-13(19)16-8-10-4-2-3-5-11(10)14/h2-7H,8H2,1H3,(H2,15,16,17,18,19). The number of nitrogens with zero attached hydrogens (tertiary/aromatic N) is 2. The SMILES string of the molecule is Cc1ccnc(NC(=S)NCc2ccccc2Cl)n1. The number of hydrogen-bond acceptors (Lipinski definition) is 3. The number of hydrogen-bond donors (Lipinski definition) is 2. The molecule has 0 unspecified atom stereocenters. The third kappa shape index (κ3) is 4.15. The van der Waals surface area contributed by atoms with Crippen molar-refractivity contribution in [2.24, 2.45) is 0 Å². The van der Waals surface area contributed by atoms with Gasteiger partial charge in [-0.15, -0.1) is 0 Å². The largest absolute Gasteiger partial charge is 0.358 e. The maximum atomic E-state index is 6.06. The summed E-state index contributed by atoms with van der Waals surface area (Å²) in [5.74, 6) is 0.483. The summed E-state index contributed by atoms with van der Waals surface area (Å²) in [6.45, 7) is 2.45. The maximum Gasteiger partial charge on any atom is 0.229 e. The van der Waals surface area contributed by atoms with Gasteiger partial charge in [-0.25, -0.2) is 9.97 Å². The molecule has 0 atom stereocenters. The summed E-state index contributed by atoms with van der Waals surface area (Å²) in [7, 11) is 0. The first-order chi connectivity index (χ1) is 9.15. The van der Waals surface area contributed by atoms with E-state index in [4.69, 9.17) is 23.8 Å². The Morgan fingerprint density at radius 1 is 1.32 bits per heavy atom. The van der Waals surface area contributed by atoms with Crippen molar-refractivity contribution >= 4 is 34.9 Å². The minimum atomic E-state index is 0.463. The van der Waals surface area contributed by atoms with Crippen molar-refractivity contribution in [3.8, 4) is 0 Å². The molecule has 98 valence electrons. The summed E-state index contributed by atoms with van der Waals surface area (Å²) in [6, 6.07) is 9.44. The van der Waals surface area contributed by atoms with Crippen molar-refractivity contribution in [2.75, 3.05) is 5.32 Å². The molecule has 6 heteroatoms. The Kier molecular flexibility index (Phi) is 4.65. The van der Waals surface area contributed by atoms with E-state index in [-0.39, 0.29) is 0 Å². The van der Waals surface area contributed by atoms with Crippen LogP contribution in [0.4, 0.5) is 5.95 Å². The summed E-state index contributed by atoms with van der Waals surface area (Å²) in [5, 5.41) is 7.17. The predicted molar refractivity (Wildman–Crippen MR) is 81.3 cm³/mol. The molecule has 19 heavy (non-hydrogen) atoms. The molecule has 1 heterocycles. The molecule has 1 aromatic carbocycles. The van der Waals surface area contributed by atoms with Crippen molar-refractivity contribution in [2.45, 2.75) is 13.5 Å². The van der Waals surface area contributed by atoms with Gasteiger partial charge in [0.25, 0.3) is 0 Å². The summed E-state index contributed by atoms with van der Waals surface area (Å²) in [4.78, 5) is 8.29. The lowest BCUT2D eigenvalue weighted by Crippen LogP contribution is -2.28. The Balaban J connectivity index is 1.90. The van der Waals surface area contributed by atoms with E-state index in [1.807, 2.05) is 37.3 Å². The molecule has 0 amide bonds. The molecule has 0 aliphatic carbocycles. The zero-order valence-corrected chi connectivity index (χ0v) is 11.9. The van der Waals surface area contributed by atoms with Crippen LogP contribution in [0.3, 0.4) is 0 Å². The Labute approximate surface area is 122 Å². The molecular formula is C13H13ClN4S. The van der Waals surface area contributed by atoms with Gasteiger partial charge in [-0.3, -0.25) is 0 Å². The Bertz CT molecular complexity index is 588. The third-order valence-corrected chi connectivity index (χ3v) is 3.03. The number of thiocarbonyl (C=S) groups is 1. The first-order valence-corrected chi connectivity index (χ1v) is 6.51. The Hall–Kier alpha value is -1.72. The molecule has 2 aromatic rings. The highest BCUT2D eigenvalue weighted by Crippen LogP contribution is 2.14.